The summed E-state index contributed by atoms with van der Waals surface area (Å²) in [5.41, 5.74) is 1.07. The summed E-state index contributed by atoms with van der Waals surface area (Å²) in [6.07, 6.45) is 3.53. The SMILES string of the molecule is CC(N[C@@H](C)c1cccnc1)c1ccc(C(=O)O)o1. The number of rotatable bonds is 5. The van der Waals surface area contributed by atoms with Crippen LogP contribution in [0.15, 0.2) is 41.1 Å². The number of pyridine rings is 1. The Morgan fingerprint density at radius 1 is 1.32 bits per heavy atom. The molecule has 2 rings (SSSR count). The summed E-state index contributed by atoms with van der Waals surface area (Å²) < 4.78 is 5.27. The standard InChI is InChI=1S/C14H16N2O3/c1-9(11-4-3-7-15-8-11)16-10(2)12-5-6-13(19-12)14(17)18/h3-10,16H,1-2H3,(H,17,18)/t9-,10?/m0/s1. The summed E-state index contributed by atoms with van der Waals surface area (Å²) in [6.45, 7) is 3.95. The average molecular weight is 260 g/mol. The molecule has 2 aromatic heterocycles. The Bertz CT molecular complexity index is 551. The van der Waals surface area contributed by atoms with Crippen molar-refractivity contribution >= 4 is 5.97 Å². The lowest BCUT2D eigenvalue weighted by molar-refractivity contribution is 0.0659. The van der Waals surface area contributed by atoms with E-state index in [-0.39, 0.29) is 17.8 Å². The molecule has 1 unspecified atom stereocenters. The lowest BCUT2D eigenvalue weighted by atomic mass is 10.1. The smallest absolute Gasteiger partial charge is 0.371 e. The number of hydrogen-bond acceptors (Lipinski definition) is 4. The topological polar surface area (TPSA) is 75.4 Å². The number of furan rings is 1. The van der Waals surface area contributed by atoms with Crippen LogP contribution in [0.3, 0.4) is 0 Å². The van der Waals surface area contributed by atoms with Gasteiger partial charge in [-0.3, -0.25) is 4.98 Å². The number of carboxylic acid groups (broad SMARTS) is 1. The third kappa shape index (κ3) is 3.20. The van der Waals surface area contributed by atoms with Crippen LogP contribution in [0.25, 0.3) is 0 Å². The van der Waals surface area contributed by atoms with Crippen LogP contribution < -0.4 is 5.32 Å². The zero-order valence-electron chi connectivity index (χ0n) is 10.8. The van der Waals surface area contributed by atoms with Crippen LogP contribution in [0.1, 0.15) is 47.8 Å². The minimum Gasteiger partial charge on any atom is -0.475 e. The van der Waals surface area contributed by atoms with Crippen molar-refractivity contribution in [2.45, 2.75) is 25.9 Å². The molecule has 2 atom stereocenters. The molecular weight excluding hydrogens is 244 g/mol. The Labute approximate surface area is 111 Å². The predicted octanol–water partition coefficient (Wildman–Crippen LogP) is 2.78. The van der Waals surface area contributed by atoms with Crippen molar-refractivity contribution in [2.75, 3.05) is 0 Å². The summed E-state index contributed by atoms with van der Waals surface area (Å²) >= 11 is 0. The van der Waals surface area contributed by atoms with E-state index in [4.69, 9.17) is 9.52 Å². The minimum absolute atomic E-state index is 0.0438. The number of carbonyl (C=O) groups is 1. The molecule has 0 saturated heterocycles. The van der Waals surface area contributed by atoms with Crippen LogP contribution in [0.4, 0.5) is 0 Å². The van der Waals surface area contributed by atoms with Crippen molar-refractivity contribution in [2.24, 2.45) is 0 Å². The Morgan fingerprint density at radius 3 is 2.68 bits per heavy atom. The third-order valence-electron chi connectivity index (χ3n) is 2.95. The highest BCUT2D eigenvalue weighted by Crippen LogP contribution is 2.20. The summed E-state index contributed by atoms with van der Waals surface area (Å²) in [7, 11) is 0. The number of hydrogen-bond donors (Lipinski definition) is 2. The highest BCUT2D eigenvalue weighted by atomic mass is 16.4. The van der Waals surface area contributed by atoms with Crippen molar-refractivity contribution in [1.82, 2.24) is 10.3 Å². The fourth-order valence-corrected chi connectivity index (χ4v) is 1.89. The molecule has 19 heavy (non-hydrogen) atoms. The monoisotopic (exact) mass is 260 g/mol. The lowest BCUT2D eigenvalue weighted by Crippen LogP contribution is -2.22. The van der Waals surface area contributed by atoms with E-state index in [0.717, 1.165) is 5.56 Å². The first-order valence-corrected chi connectivity index (χ1v) is 6.07. The van der Waals surface area contributed by atoms with Gasteiger partial charge in [-0.25, -0.2) is 4.79 Å². The van der Waals surface area contributed by atoms with Crippen LogP contribution in [0, 0.1) is 0 Å². The van der Waals surface area contributed by atoms with Crippen molar-refractivity contribution in [3.05, 3.63) is 53.7 Å². The van der Waals surface area contributed by atoms with Gasteiger partial charge in [0.05, 0.1) is 6.04 Å². The molecule has 2 N–H and O–H groups in total. The van der Waals surface area contributed by atoms with Gasteiger partial charge < -0.3 is 14.8 Å². The second kappa shape index (κ2) is 5.67. The molecule has 0 aliphatic rings. The number of aromatic nitrogens is 1. The molecule has 0 saturated carbocycles. The fraction of sp³-hybridized carbons (Fsp3) is 0.286. The fourth-order valence-electron chi connectivity index (χ4n) is 1.89. The highest BCUT2D eigenvalue weighted by Gasteiger charge is 2.16. The van der Waals surface area contributed by atoms with E-state index in [1.807, 2.05) is 26.0 Å². The van der Waals surface area contributed by atoms with Gasteiger partial charge in [-0.2, -0.15) is 0 Å². The van der Waals surface area contributed by atoms with Crippen LogP contribution >= 0.6 is 0 Å². The average Bonchev–Trinajstić information content (AvgIpc) is 2.89. The van der Waals surface area contributed by atoms with Gasteiger partial charge in [-0.15, -0.1) is 0 Å². The Balaban J connectivity index is 2.04. The van der Waals surface area contributed by atoms with Gasteiger partial charge in [-0.1, -0.05) is 6.07 Å². The molecule has 0 radical (unpaired) electrons. The first-order valence-electron chi connectivity index (χ1n) is 6.07. The summed E-state index contributed by atoms with van der Waals surface area (Å²) in [4.78, 5) is 14.8. The number of nitrogens with one attached hydrogen (secondary N) is 1. The minimum atomic E-state index is -1.06. The second-order valence-corrected chi connectivity index (χ2v) is 4.40. The van der Waals surface area contributed by atoms with E-state index in [2.05, 4.69) is 10.3 Å². The first kappa shape index (κ1) is 13.3. The number of aromatic carboxylic acids is 1. The molecule has 5 nitrogen and oxygen atoms in total. The van der Waals surface area contributed by atoms with Gasteiger partial charge >= 0.3 is 5.97 Å². The molecule has 0 bridgehead atoms. The number of nitrogens with zero attached hydrogens (tertiary/aromatic N) is 1. The molecule has 0 aromatic carbocycles. The zero-order chi connectivity index (χ0) is 13.8. The van der Waals surface area contributed by atoms with Crippen molar-refractivity contribution in [3.63, 3.8) is 0 Å². The Hall–Kier alpha value is -2.14. The van der Waals surface area contributed by atoms with E-state index in [9.17, 15) is 4.79 Å². The first-order chi connectivity index (χ1) is 9.08. The van der Waals surface area contributed by atoms with Gasteiger partial charge in [0.25, 0.3) is 0 Å². The van der Waals surface area contributed by atoms with E-state index in [0.29, 0.717) is 5.76 Å². The molecule has 0 aliphatic carbocycles. The van der Waals surface area contributed by atoms with Crippen molar-refractivity contribution < 1.29 is 14.3 Å². The predicted molar refractivity (Wildman–Crippen MR) is 69.9 cm³/mol. The number of carboxylic acids is 1. The van der Waals surface area contributed by atoms with Crippen molar-refractivity contribution in [3.8, 4) is 0 Å². The van der Waals surface area contributed by atoms with E-state index in [1.165, 1.54) is 6.07 Å². The van der Waals surface area contributed by atoms with Crippen LogP contribution in [0.2, 0.25) is 0 Å². The molecule has 2 aromatic rings. The largest absolute Gasteiger partial charge is 0.475 e. The van der Waals surface area contributed by atoms with Gasteiger partial charge in [0.15, 0.2) is 0 Å². The van der Waals surface area contributed by atoms with Crippen LogP contribution in [-0.4, -0.2) is 16.1 Å². The van der Waals surface area contributed by atoms with E-state index in [1.54, 1.807) is 18.5 Å². The molecular formula is C14H16N2O3. The van der Waals surface area contributed by atoms with Crippen molar-refractivity contribution in [1.29, 1.82) is 0 Å². The van der Waals surface area contributed by atoms with Gasteiger partial charge in [-0.05, 0) is 37.6 Å². The molecule has 100 valence electrons. The summed E-state index contributed by atoms with van der Waals surface area (Å²) in [5.74, 6) is -0.496. The highest BCUT2D eigenvalue weighted by molar-refractivity contribution is 5.84. The maximum absolute atomic E-state index is 10.8. The molecule has 0 spiro atoms. The maximum Gasteiger partial charge on any atom is 0.371 e. The zero-order valence-corrected chi connectivity index (χ0v) is 10.8. The summed E-state index contributed by atoms with van der Waals surface area (Å²) in [5, 5.41) is 12.2. The Morgan fingerprint density at radius 2 is 2.11 bits per heavy atom. The molecule has 0 amide bonds. The third-order valence-corrected chi connectivity index (χ3v) is 2.95. The normalized spacial score (nSPS) is 14.0. The molecule has 5 heteroatoms. The maximum atomic E-state index is 10.8. The van der Waals surface area contributed by atoms with Gasteiger partial charge in [0.1, 0.15) is 5.76 Å². The quantitative estimate of drug-likeness (QED) is 0.864. The molecule has 2 heterocycles. The summed E-state index contributed by atoms with van der Waals surface area (Å²) in [6, 6.07) is 7.03. The van der Waals surface area contributed by atoms with E-state index < -0.39 is 5.97 Å². The van der Waals surface area contributed by atoms with Gasteiger partial charge in [0, 0.05) is 18.4 Å². The van der Waals surface area contributed by atoms with Crippen LogP contribution in [0.5, 0.6) is 0 Å². The lowest BCUT2D eigenvalue weighted by Gasteiger charge is -2.18. The Kier molecular flexibility index (Phi) is 3.97. The van der Waals surface area contributed by atoms with Crippen LogP contribution in [-0.2, 0) is 0 Å². The second-order valence-electron chi connectivity index (χ2n) is 4.40. The van der Waals surface area contributed by atoms with Gasteiger partial charge in [0.2, 0.25) is 5.76 Å². The molecule has 0 fully saturated rings. The molecule has 0 aliphatic heterocycles. The van der Waals surface area contributed by atoms with E-state index >= 15 is 0 Å².